The predicted octanol–water partition coefficient (Wildman–Crippen LogP) is 2.34. The number of nitrogens with two attached hydrogens (primary N) is 1. The van der Waals surface area contributed by atoms with Crippen LogP contribution in [0.25, 0.3) is 10.8 Å². The van der Waals surface area contributed by atoms with Crippen molar-refractivity contribution in [3.05, 3.63) is 30.0 Å². The Balaban J connectivity index is 2.67. The fraction of sp³-hybridized carbons (Fsp3) is 0.273. The first-order valence-electron chi connectivity index (χ1n) is 4.69. The van der Waals surface area contributed by atoms with Crippen LogP contribution in [-0.4, -0.2) is 10.2 Å². The molecule has 3 nitrogen and oxygen atoms in total. The summed E-state index contributed by atoms with van der Waals surface area (Å²) in [6.45, 7) is 4.33. The molecule has 14 heavy (non-hydrogen) atoms. The van der Waals surface area contributed by atoms with Gasteiger partial charge in [0.25, 0.3) is 0 Å². The van der Waals surface area contributed by atoms with Gasteiger partial charge in [0.05, 0.1) is 6.20 Å². The standard InChI is InChI=1S/C11H13N3/c1-7(2)8-3-4-10-9(5-8)6-13-14-11(10)12/h3-7H,1-2H3,(H2,12,14). The zero-order valence-electron chi connectivity index (χ0n) is 8.36. The summed E-state index contributed by atoms with van der Waals surface area (Å²) < 4.78 is 0. The van der Waals surface area contributed by atoms with E-state index < -0.39 is 0 Å². The van der Waals surface area contributed by atoms with E-state index in [2.05, 4.69) is 36.2 Å². The second-order valence-electron chi connectivity index (χ2n) is 3.73. The molecule has 2 N–H and O–H groups in total. The van der Waals surface area contributed by atoms with Gasteiger partial charge in [-0.3, -0.25) is 0 Å². The zero-order chi connectivity index (χ0) is 10.1. The quantitative estimate of drug-likeness (QED) is 0.745. The SMILES string of the molecule is CC(C)c1ccc2c(N)nncc2c1. The minimum atomic E-state index is 0.498. The molecule has 0 aliphatic heterocycles. The van der Waals surface area contributed by atoms with Gasteiger partial charge in [0.15, 0.2) is 5.82 Å². The minimum absolute atomic E-state index is 0.498. The number of rotatable bonds is 1. The van der Waals surface area contributed by atoms with Gasteiger partial charge in [-0.05, 0) is 17.5 Å². The summed E-state index contributed by atoms with van der Waals surface area (Å²) in [4.78, 5) is 0. The molecule has 3 heteroatoms. The lowest BCUT2D eigenvalue weighted by molar-refractivity contribution is 0.868. The number of hydrogen-bond acceptors (Lipinski definition) is 3. The number of benzene rings is 1. The summed E-state index contributed by atoms with van der Waals surface area (Å²) in [5.74, 6) is 1.02. The lowest BCUT2D eigenvalue weighted by atomic mass is 10.0. The summed E-state index contributed by atoms with van der Waals surface area (Å²) in [5.41, 5.74) is 7.00. The zero-order valence-corrected chi connectivity index (χ0v) is 8.36. The van der Waals surface area contributed by atoms with Crippen LogP contribution in [0.4, 0.5) is 5.82 Å². The smallest absolute Gasteiger partial charge is 0.153 e. The highest BCUT2D eigenvalue weighted by atomic mass is 15.1. The number of nitrogen functional groups attached to an aromatic ring is 1. The fourth-order valence-electron chi connectivity index (χ4n) is 1.49. The third-order valence-corrected chi connectivity index (χ3v) is 2.38. The summed E-state index contributed by atoms with van der Waals surface area (Å²) in [7, 11) is 0. The predicted molar refractivity (Wildman–Crippen MR) is 58.0 cm³/mol. The van der Waals surface area contributed by atoms with Crippen molar-refractivity contribution in [2.75, 3.05) is 5.73 Å². The van der Waals surface area contributed by atoms with Gasteiger partial charge in [-0.25, -0.2) is 0 Å². The van der Waals surface area contributed by atoms with Crippen LogP contribution >= 0.6 is 0 Å². The number of aromatic nitrogens is 2. The number of hydrogen-bond donors (Lipinski definition) is 1. The molecule has 2 rings (SSSR count). The van der Waals surface area contributed by atoms with E-state index in [0.29, 0.717) is 11.7 Å². The first-order chi connectivity index (χ1) is 6.68. The highest BCUT2D eigenvalue weighted by molar-refractivity contribution is 5.90. The molecule has 2 aromatic rings. The van der Waals surface area contributed by atoms with Gasteiger partial charge in [0.1, 0.15) is 0 Å². The normalized spacial score (nSPS) is 11.1. The van der Waals surface area contributed by atoms with E-state index >= 15 is 0 Å². The van der Waals surface area contributed by atoms with Crippen molar-refractivity contribution < 1.29 is 0 Å². The molecule has 0 fully saturated rings. The molecule has 0 spiro atoms. The van der Waals surface area contributed by atoms with Crippen LogP contribution < -0.4 is 5.73 Å². The molecule has 1 heterocycles. The van der Waals surface area contributed by atoms with Crippen LogP contribution in [0.5, 0.6) is 0 Å². The molecule has 0 saturated carbocycles. The minimum Gasteiger partial charge on any atom is -0.382 e. The van der Waals surface area contributed by atoms with Crippen molar-refractivity contribution in [1.29, 1.82) is 0 Å². The van der Waals surface area contributed by atoms with Crippen molar-refractivity contribution in [2.45, 2.75) is 19.8 Å². The second kappa shape index (κ2) is 3.25. The van der Waals surface area contributed by atoms with Crippen LogP contribution in [-0.2, 0) is 0 Å². The van der Waals surface area contributed by atoms with Gasteiger partial charge in [-0.15, -0.1) is 5.10 Å². The van der Waals surface area contributed by atoms with Gasteiger partial charge in [-0.2, -0.15) is 5.10 Å². The Morgan fingerprint density at radius 3 is 2.79 bits per heavy atom. The van der Waals surface area contributed by atoms with Crippen LogP contribution in [0, 0.1) is 0 Å². The molecular formula is C11H13N3. The van der Waals surface area contributed by atoms with E-state index in [4.69, 9.17) is 5.73 Å². The molecule has 1 aromatic heterocycles. The largest absolute Gasteiger partial charge is 0.382 e. The molecule has 0 saturated heterocycles. The van der Waals surface area contributed by atoms with Crippen molar-refractivity contribution in [2.24, 2.45) is 0 Å². The van der Waals surface area contributed by atoms with Gasteiger partial charge in [-0.1, -0.05) is 26.0 Å². The Hall–Kier alpha value is -1.64. The second-order valence-corrected chi connectivity index (χ2v) is 3.73. The number of nitrogens with zero attached hydrogens (tertiary/aromatic N) is 2. The van der Waals surface area contributed by atoms with E-state index in [1.54, 1.807) is 6.20 Å². The molecule has 0 aliphatic carbocycles. The van der Waals surface area contributed by atoms with Gasteiger partial charge < -0.3 is 5.73 Å². The van der Waals surface area contributed by atoms with E-state index in [-0.39, 0.29) is 0 Å². The maximum Gasteiger partial charge on any atom is 0.153 e. The Morgan fingerprint density at radius 2 is 2.07 bits per heavy atom. The van der Waals surface area contributed by atoms with Crippen molar-refractivity contribution in [1.82, 2.24) is 10.2 Å². The molecule has 0 bridgehead atoms. The van der Waals surface area contributed by atoms with E-state index in [1.807, 2.05) is 6.07 Å². The Morgan fingerprint density at radius 1 is 1.29 bits per heavy atom. The number of anilines is 1. The van der Waals surface area contributed by atoms with Gasteiger partial charge >= 0.3 is 0 Å². The molecular weight excluding hydrogens is 174 g/mol. The molecule has 0 radical (unpaired) electrons. The highest BCUT2D eigenvalue weighted by Crippen LogP contribution is 2.22. The third-order valence-electron chi connectivity index (χ3n) is 2.38. The average Bonchev–Trinajstić information content (AvgIpc) is 2.17. The maximum atomic E-state index is 5.71. The fourth-order valence-corrected chi connectivity index (χ4v) is 1.49. The van der Waals surface area contributed by atoms with Crippen molar-refractivity contribution in [3.63, 3.8) is 0 Å². The van der Waals surface area contributed by atoms with Crippen molar-refractivity contribution in [3.8, 4) is 0 Å². The lowest BCUT2D eigenvalue weighted by Gasteiger charge is -2.06. The van der Waals surface area contributed by atoms with Crippen LogP contribution in [0.3, 0.4) is 0 Å². The van der Waals surface area contributed by atoms with Gasteiger partial charge in [0, 0.05) is 10.8 Å². The van der Waals surface area contributed by atoms with Crippen LogP contribution in [0.1, 0.15) is 25.3 Å². The van der Waals surface area contributed by atoms with E-state index in [0.717, 1.165) is 10.8 Å². The summed E-state index contributed by atoms with van der Waals surface area (Å²) in [5, 5.41) is 9.68. The first-order valence-corrected chi connectivity index (χ1v) is 4.69. The van der Waals surface area contributed by atoms with E-state index in [9.17, 15) is 0 Å². The molecule has 0 aliphatic rings. The maximum absolute atomic E-state index is 5.71. The molecule has 0 atom stereocenters. The van der Waals surface area contributed by atoms with E-state index in [1.165, 1.54) is 5.56 Å². The summed E-state index contributed by atoms with van der Waals surface area (Å²) in [6.07, 6.45) is 1.75. The Kier molecular flexibility index (Phi) is 2.08. The molecule has 0 unspecified atom stereocenters. The lowest BCUT2D eigenvalue weighted by Crippen LogP contribution is -1.95. The van der Waals surface area contributed by atoms with Crippen molar-refractivity contribution >= 4 is 16.6 Å². The van der Waals surface area contributed by atoms with Gasteiger partial charge in [0.2, 0.25) is 0 Å². The monoisotopic (exact) mass is 187 g/mol. The summed E-state index contributed by atoms with van der Waals surface area (Å²) >= 11 is 0. The first kappa shape index (κ1) is 8.94. The number of fused-ring (bicyclic) bond motifs is 1. The average molecular weight is 187 g/mol. The molecule has 1 aromatic carbocycles. The Bertz CT molecular complexity index is 463. The van der Waals surface area contributed by atoms with Crippen LogP contribution in [0.15, 0.2) is 24.4 Å². The molecule has 72 valence electrons. The third kappa shape index (κ3) is 1.41. The Labute approximate surface area is 83.0 Å². The highest BCUT2D eigenvalue weighted by Gasteiger charge is 2.03. The van der Waals surface area contributed by atoms with Crippen LogP contribution in [0.2, 0.25) is 0 Å². The summed E-state index contributed by atoms with van der Waals surface area (Å²) in [6, 6.07) is 6.21. The molecule has 0 amide bonds. The topological polar surface area (TPSA) is 51.8 Å².